The first-order valence-corrected chi connectivity index (χ1v) is 7.14. The first-order chi connectivity index (χ1) is 8.97. The van der Waals surface area contributed by atoms with Crippen LogP contribution < -0.4 is 4.74 Å². The van der Waals surface area contributed by atoms with E-state index < -0.39 is 6.10 Å². The molecule has 2 aliphatic rings. The Morgan fingerprint density at radius 1 is 1.21 bits per heavy atom. The van der Waals surface area contributed by atoms with Crippen molar-refractivity contribution >= 4 is 0 Å². The molecule has 1 aliphatic carbocycles. The molecule has 1 saturated carbocycles. The van der Waals surface area contributed by atoms with E-state index in [0.717, 1.165) is 12.8 Å². The Labute approximate surface area is 113 Å². The number of benzene rings is 1. The molecule has 1 heterocycles. The maximum absolute atomic E-state index is 13.3. The van der Waals surface area contributed by atoms with Gasteiger partial charge in [0.25, 0.3) is 0 Å². The van der Waals surface area contributed by atoms with Crippen LogP contribution in [-0.4, -0.2) is 10.7 Å². The average Bonchev–Trinajstić information content (AvgIpc) is 2.28. The van der Waals surface area contributed by atoms with Crippen LogP contribution in [0.4, 0.5) is 4.39 Å². The van der Waals surface area contributed by atoms with Crippen LogP contribution in [0.5, 0.6) is 5.75 Å². The van der Waals surface area contributed by atoms with Crippen molar-refractivity contribution in [2.45, 2.75) is 51.2 Å². The number of rotatable bonds is 0. The van der Waals surface area contributed by atoms with Gasteiger partial charge in [-0.1, -0.05) is 13.8 Å². The van der Waals surface area contributed by atoms with Gasteiger partial charge in [-0.05, 0) is 49.3 Å². The fourth-order valence-electron chi connectivity index (χ4n) is 4.07. The van der Waals surface area contributed by atoms with Crippen molar-refractivity contribution in [1.29, 1.82) is 0 Å². The van der Waals surface area contributed by atoms with E-state index in [-0.39, 0.29) is 11.4 Å². The Kier molecular flexibility index (Phi) is 3.05. The van der Waals surface area contributed by atoms with E-state index >= 15 is 0 Å². The number of hydrogen-bond acceptors (Lipinski definition) is 2. The summed E-state index contributed by atoms with van der Waals surface area (Å²) in [5.74, 6) is 1.56. The molecule has 19 heavy (non-hydrogen) atoms. The topological polar surface area (TPSA) is 29.5 Å². The van der Waals surface area contributed by atoms with Gasteiger partial charge < -0.3 is 9.84 Å². The van der Waals surface area contributed by atoms with Crippen molar-refractivity contribution in [3.05, 3.63) is 29.6 Å². The minimum atomic E-state index is -0.614. The molecule has 0 bridgehead atoms. The van der Waals surface area contributed by atoms with E-state index in [0.29, 0.717) is 29.6 Å². The molecule has 1 spiro atoms. The van der Waals surface area contributed by atoms with Crippen LogP contribution in [0.2, 0.25) is 0 Å². The van der Waals surface area contributed by atoms with Crippen LogP contribution in [0.3, 0.4) is 0 Å². The summed E-state index contributed by atoms with van der Waals surface area (Å²) in [6, 6.07) is 4.45. The highest BCUT2D eigenvalue weighted by molar-refractivity contribution is 5.38. The molecule has 0 radical (unpaired) electrons. The predicted molar refractivity (Wildman–Crippen MR) is 71.5 cm³/mol. The highest BCUT2D eigenvalue weighted by Gasteiger charge is 2.45. The number of hydrogen-bond donors (Lipinski definition) is 1. The van der Waals surface area contributed by atoms with Gasteiger partial charge in [0.2, 0.25) is 0 Å². The third-order valence-corrected chi connectivity index (χ3v) is 4.47. The molecule has 3 heteroatoms. The van der Waals surface area contributed by atoms with Crippen molar-refractivity contribution < 1.29 is 14.2 Å². The van der Waals surface area contributed by atoms with Gasteiger partial charge in [-0.3, -0.25) is 0 Å². The molecule has 1 N–H and O–H groups in total. The SMILES string of the molecule is CC1CC(C)CC2(C1)C[C@@H](O)c1cc(F)ccc1O2. The van der Waals surface area contributed by atoms with E-state index in [4.69, 9.17) is 4.74 Å². The molecular weight excluding hydrogens is 243 g/mol. The summed E-state index contributed by atoms with van der Waals surface area (Å²) in [6.45, 7) is 4.49. The van der Waals surface area contributed by atoms with Crippen LogP contribution in [0.25, 0.3) is 0 Å². The summed E-state index contributed by atoms with van der Waals surface area (Å²) in [7, 11) is 0. The molecule has 3 rings (SSSR count). The molecule has 1 aromatic rings. The standard InChI is InChI=1S/C16H21FO2/c1-10-5-11(2)8-16(7-10)9-14(18)13-6-12(17)3-4-15(13)19-16/h3-4,6,10-11,14,18H,5,7-9H2,1-2H3/t10?,11?,14-,16?/m1/s1. The Balaban J connectivity index is 1.94. The van der Waals surface area contributed by atoms with Gasteiger partial charge in [0, 0.05) is 12.0 Å². The number of aliphatic hydroxyl groups excluding tert-OH is 1. The zero-order chi connectivity index (χ0) is 13.6. The summed E-state index contributed by atoms with van der Waals surface area (Å²) in [5, 5.41) is 10.3. The van der Waals surface area contributed by atoms with Gasteiger partial charge in [0.1, 0.15) is 17.2 Å². The van der Waals surface area contributed by atoms with Crippen LogP contribution in [0.1, 0.15) is 51.2 Å². The largest absolute Gasteiger partial charge is 0.487 e. The minimum absolute atomic E-state index is 0.263. The smallest absolute Gasteiger partial charge is 0.126 e. The summed E-state index contributed by atoms with van der Waals surface area (Å²) in [5.41, 5.74) is 0.331. The fourth-order valence-corrected chi connectivity index (χ4v) is 4.07. The fraction of sp³-hybridized carbons (Fsp3) is 0.625. The minimum Gasteiger partial charge on any atom is -0.487 e. The highest BCUT2D eigenvalue weighted by atomic mass is 19.1. The quantitative estimate of drug-likeness (QED) is 0.771. The van der Waals surface area contributed by atoms with Crippen molar-refractivity contribution in [3.8, 4) is 5.75 Å². The van der Waals surface area contributed by atoms with Gasteiger partial charge >= 0.3 is 0 Å². The van der Waals surface area contributed by atoms with Crippen molar-refractivity contribution in [2.24, 2.45) is 11.8 Å². The molecular formula is C16H21FO2. The second kappa shape index (κ2) is 4.48. The normalized spacial score (nSPS) is 37.8. The van der Waals surface area contributed by atoms with Crippen LogP contribution >= 0.6 is 0 Å². The Morgan fingerprint density at radius 2 is 1.89 bits per heavy atom. The lowest BCUT2D eigenvalue weighted by Gasteiger charge is -2.47. The average molecular weight is 264 g/mol. The first kappa shape index (κ1) is 12.9. The Morgan fingerprint density at radius 3 is 2.58 bits per heavy atom. The lowest BCUT2D eigenvalue weighted by atomic mass is 9.70. The summed E-state index contributed by atoms with van der Waals surface area (Å²) >= 11 is 0. The third-order valence-electron chi connectivity index (χ3n) is 4.47. The van der Waals surface area contributed by atoms with E-state index in [1.165, 1.54) is 18.6 Å². The molecule has 104 valence electrons. The molecule has 2 nitrogen and oxygen atoms in total. The van der Waals surface area contributed by atoms with Gasteiger partial charge in [0.15, 0.2) is 0 Å². The van der Waals surface area contributed by atoms with E-state index in [2.05, 4.69) is 13.8 Å². The van der Waals surface area contributed by atoms with Gasteiger partial charge in [-0.15, -0.1) is 0 Å². The van der Waals surface area contributed by atoms with Crippen LogP contribution in [-0.2, 0) is 0 Å². The Hall–Kier alpha value is -1.09. The number of fused-ring (bicyclic) bond motifs is 1. The van der Waals surface area contributed by atoms with Crippen LogP contribution in [0, 0.1) is 17.7 Å². The number of aliphatic hydroxyl groups is 1. The van der Waals surface area contributed by atoms with Gasteiger partial charge in [0.05, 0.1) is 6.10 Å². The monoisotopic (exact) mass is 264 g/mol. The second-order valence-electron chi connectivity index (χ2n) is 6.54. The lowest BCUT2D eigenvalue weighted by molar-refractivity contribution is -0.0625. The molecule has 1 fully saturated rings. The predicted octanol–water partition coefficient (Wildman–Crippen LogP) is 3.84. The Bertz CT molecular complexity index is 476. The van der Waals surface area contributed by atoms with E-state index in [1.54, 1.807) is 6.07 Å². The van der Waals surface area contributed by atoms with Gasteiger partial charge in [-0.2, -0.15) is 0 Å². The highest BCUT2D eigenvalue weighted by Crippen LogP contribution is 2.48. The molecule has 0 aromatic heterocycles. The molecule has 2 unspecified atom stereocenters. The van der Waals surface area contributed by atoms with Crippen LogP contribution in [0.15, 0.2) is 18.2 Å². The summed E-state index contributed by atoms with van der Waals surface area (Å²) in [6.07, 6.45) is 3.14. The zero-order valence-corrected chi connectivity index (χ0v) is 11.5. The van der Waals surface area contributed by atoms with E-state index in [9.17, 15) is 9.50 Å². The summed E-state index contributed by atoms with van der Waals surface area (Å²) < 4.78 is 19.5. The van der Waals surface area contributed by atoms with Crippen molar-refractivity contribution in [2.75, 3.05) is 0 Å². The molecule has 1 aromatic carbocycles. The maximum atomic E-state index is 13.3. The lowest BCUT2D eigenvalue weighted by Crippen LogP contribution is -2.46. The molecule has 0 saturated heterocycles. The number of ether oxygens (including phenoxy) is 1. The van der Waals surface area contributed by atoms with Crippen molar-refractivity contribution in [1.82, 2.24) is 0 Å². The molecule has 0 amide bonds. The number of halogens is 1. The zero-order valence-electron chi connectivity index (χ0n) is 11.5. The third kappa shape index (κ3) is 2.36. The molecule has 3 atom stereocenters. The second-order valence-corrected chi connectivity index (χ2v) is 6.54. The first-order valence-electron chi connectivity index (χ1n) is 7.14. The van der Waals surface area contributed by atoms with Crippen molar-refractivity contribution in [3.63, 3.8) is 0 Å². The van der Waals surface area contributed by atoms with E-state index in [1.807, 2.05) is 0 Å². The maximum Gasteiger partial charge on any atom is 0.126 e. The molecule has 1 aliphatic heterocycles. The summed E-state index contributed by atoms with van der Waals surface area (Å²) in [4.78, 5) is 0. The van der Waals surface area contributed by atoms with Gasteiger partial charge in [-0.25, -0.2) is 4.39 Å².